The molecular formula is C23H24N2O4. The number of fused-ring (bicyclic) bond motifs is 1. The maximum Gasteiger partial charge on any atom is 0.338 e. The molecule has 0 N–H and O–H groups in total. The van der Waals surface area contributed by atoms with Crippen LogP contribution in [0.3, 0.4) is 0 Å². The van der Waals surface area contributed by atoms with Crippen LogP contribution in [0.25, 0.3) is 22.2 Å². The molecule has 1 aliphatic rings. The maximum atomic E-state index is 12.6. The topological polar surface area (TPSA) is 72.6 Å². The summed E-state index contributed by atoms with van der Waals surface area (Å²) in [6.45, 7) is 3.83. The zero-order valence-electron chi connectivity index (χ0n) is 16.6. The fraction of sp³-hybridized carbons (Fsp3) is 0.348. The van der Waals surface area contributed by atoms with Crippen LogP contribution in [0, 0.1) is 0 Å². The average Bonchev–Trinajstić information content (AvgIpc) is 3.15. The molecule has 29 heavy (non-hydrogen) atoms. The predicted molar refractivity (Wildman–Crippen MR) is 109 cm³/mol. The third-order valence-corrected chi connectivity index (χ3v) is 5.56. The van der Waals surface area contributed by atoms with E-state index in [1.807, 2.05) is 49.1 Å². The van der Waals surface area contributed by atoms with Gasteiger partial charge in [0.25, 0.3) is 5.91 Å². The molecule has 1 saturated heterocycles. The Hall–Kier alpha value is -3.15. The number of ether oxygens (including phenoxy) is 1. The molecule has 1 fully saturated rings. The Morgan fingerprint density at radius 2 is 1.83 bits per heavy atom. The molecule has 0 aliphatic carbocycles. The van der Waals surface area contributed by atoms with Gasteiger partial charge >= 0.3 is 5.97 Å². The maximum absolute atomic E-state index is 12.6. The molecule has 0 spiro atoms. The summed E-state index contributed by atoms with van der Waals surface area (Å²) >= 11 is 0. The van der Waals surface area contributed by atoms with Gasteiger partial charge in [-0.2, -0.15) is 0 Å². The molecule has 2 atom stereocenters. The molecule has 0 unspecified atom stereocenters. The van der Waals surface area contributed by atoms with E-state index in [4.69, 9.17) is 9.26 Å². The standard InChI is InChI=1S/C23H24N2O4/c1-15-7-6-8-16(2)25(15)21(26)14-28-23(27)18-11-12-20-19(13-18)22(29-24-20)17-9-4-3-5-10-17/h3-5,9-13,15-16H,6-8,14H2,1-2H3/t15-,16+. The van der Waals surface area contributed by atoms with E-state index >= 15 is 0 Å². The minimum atomic E-state index is -0.530. The SMILES string of the molecule is C[C@@H]1CCC[C@H](C)N1C(=O)COC(=O)c1ccc2noc(-c3ccccc3)c2c1. The van der Waals surface area contributed by atoms with Crippen LogP contribution >= 0.6 is 0 Å². The van der Waals surface area contributed by atoms with Gasteiger partial charge in [-0.25, -0.2) is 4.79 Å². The lowest BCUT2D eigenvalue weighted by Gasteiger charge is -2.38. The summed E-state index contributed by atoms with van der Waals surface area (Å²) in [5, 5.41) is 4.79. The fourth-order valence-electron chi connectivity index (χ4n) is 4.06. The van der Waals surface area contributed by atoms with Crippen LogP contribution in [0.2, 0.25) is 0 Å². The summed E-state index contributed by atoms with van der Waals surface area (Å²) in [6.07, 6.45) is 3.08. The van der Waals surface area contributed by atoms with E-state index in [1.54, 1.807) is 18.2 Å². The monoisotopic (exact) mass is 392 g/mol. The van der Waals surface area contributed by atoms with Crippen LogP contribution < -0.4 is 0 Å². The predicted octanol–water partition coefficient (Wildman–Crippen LogP) is 4.44. The number of benzene rings is 2. The van der Waals surface area contributed by atoms with E-state index in [0.717, 1.165) is 30.2 Å². The number of aromatic nitrogens is 1. The van der Waals surface area contributed by atoms with Crippen molar-refractivity contribution < 1.29 is 18.8 Å². The molecule has 150 valence electrons. The van der Waals surface area contributed by atoms with Crippen molar-refractivity contribution in [3.8, 4) is 11.3 Å². The summed E-state index contributed by atoms with van der Waals surface area (Å²) in [5.41, 5.74) is 1.90. The highest BCUT2D eigenvalue weighted by molar-refractivity contribution is 5.99. The Morgan fingerprint density at radius 1 is 1.10 bits per heavy atom. The van der Waals surface area contributed by atoms with Gasteiger partial charge in [0.05, 0.1) is 10.9 Å². The Bertz CT molecular complexity index is 1020. The highest BCUT2D eigenvalue weighted by atomic mass is 16.5. The lowest BCUT2D eigenvalue weighted by Crippen LogP contribution is -2.49. The average molecular weight is 392 g/mol. The van der Waals surface area contributed by atoms with Crippen molar-refractivity contribution in [1.29, 1.82) is 0 Å². The molecule has 3 aromatic rings. The van der Waals surface area contributed by atoms with E-state index in [2.05, 4.69) is 5.16 Å². The zero-order chi connectivity index (χ0) is 20.4. The third kappa shape index (κ3) is 3.88. The minimum absolute atomic E-state index is 0.144. The molecule has 0 radical (unpaired) electrons. The summed E-state index contributed by atoms with van der Waals surface area (Å²) in [4.78, 5) is 27.0. The number of nitrogens with zero attached hydrogens (tertiary/aromatic N) is 2. The second-order valence-electron chi connectivity index (χ2n) is 7.62. The quantitative estimate of drug-likeness (QED) is 0.614. The van der Waals surface area contributed by atoms with Crippen molar-refractivity contribution >= 4 is 22.8 Å². The van der Waals surface area contributed by atoms with E-state index in [1.165, 1.54) is 0 Å². The van der Waals surface area contributed by atoms with Gasteiger partial charge in [0, 0.05) is 17.6 Å². The largest absolute Gasteiger partial charge is 0.452 e. The van der Waals surface area contributed by atoms with Crippen LogP contribution in [0.15, 0.2) is 53.1 Å². The van der Waals surface area contributed by atoms with E-state index in [9.17, 15) is 9.59 Å². The molecule has 6 heteroatoms. The van der Waals surface area contributed by atoms with Crippen molar-refractivity contribution in [3.63, 3.8) is 0 Å². The van der Waals surface area contributed by atoms with E-state index in [0.29, 0.717) is 16.8 Å². The number of esters is 1. The number of hydrogen-bond acceptors (Lipinski definition) is 5. The Morgan fingerprint density at radius 3 is 2.55 bits per heavy atom. The van der Waals surface area contributed by atoms with Crippen LogP contribution in [-0.4, -0.2) is 40.6 Å². The lowest BCUT2D eigenvalue weighted by molar-refractivity contribution is -0.140. The van der Waals surface area contributed by atoms with Crippen molar-refractivity contribution in [2.24, 2.45) is 0 Å². The summed E-state index contributed by atoms with van der Waals surface area (Å²) in [7, 11) is 0. The first-order chi connectivity index (χ1) is 14.0. The van der Waals surface area contributed by atoms with Gasteiger partial charge in [0.2, 0.25) is 0 Å². The second kappa shape index (κ2) is 8.07. The summed E-state index contributed by atoms with van der Waals surface area (Å²) < 4.78 is 10.8. The van der Waals surface area contributed by atoms with Gasteiger partial charge in [-0.15, -0.1) is 0 Å². The number of carbonyl (C=O) groups is 2. The summed E-state index contributed by atoms with van der Waals surface area (Å²) in [5.74, 6) is -0.0749. The van der Waals surface area contributed by atoms with Gasteiger partial charge in [-0.3, -0.25) is 4.79 Å². The molecule has 0 bridgehead atoms. The number of hydrogen-bond donors (Lipinski definition) is 0. The van der Waals surface area contributed by atoms with Crippen LogP contribution in [-0.2, 0) is 9.53 Å². The number of carbonyl (C=O) groups excluding carboxylic acids is 2. The van der Waals surface area contributed by atoms with Crippen molar-refractivity contribution in [2.75, 3.05) is 6.61 Å². The zero-order valence-corrected chi connectivity index (χ0v) is 16.6. The number of likely N-dealkylation sites (tertiary alicyclic amines) is 1. The van der Waals surface area contributed by atoms with Crippen LogP contribution in [0.4, 0.5) is 0 Å². The first kappa shape index (κ1) is 19.2. The fourth-order valence-corrected chi connectivity index (χ4v) is 4.06. The van der Waals surface area contributed by atoms with Crippen molar-refractivity contribution in [3.05, 3.63) is 54.1 Å². The third-order valence-electron chi connectivity index (χ3n) is 5.56. The minimum Gasteiger partial charge on any atom is -0.452 e. The first-order valence-electron chi connectivity index (χ1n) is 9.97. The molecule has 4 rings (SSSR count). The molecule has 6 nitrogen and oxygen atoms in total. The van der Waals surface area contributed by atoms with Crippen LogP contribution in [0.1, 0.15) is 43.5 Å². The van der Waals surface area contributed by atoms with Gasteiger partial charge < -0.3 is 14.2 Å². The molecule has 1 aliphatic heterocycles. The smallest absolute Gasteiger partial charge is 0.338 e. The Kier molecular flexibility index (Phi) is 5.34. The Labute approximate surface area is 169 Å². The highest BCUT2D eigenvalue weighted by Gasteiger charge is 2.29. The second-order valence-corrected chi connectivity index (χ2v) is 7.62. The lowest BCUT2D eigenvalue weighted by atomic mass is 9.97. The molecule has 0 saturated carbocycles. The molecule has 1 amide bonds. The molecule has 2 aromatic carbocycles. The van der Waals surface area contributed by atoms with Crippen LogP contribution in [0.5, 0.6) is 0 Å². The summed E-state index contributed by atoms with van der Waals surface area (Å²) in [6, 6.07) is 15.0. The van der Waals surface area contributed by atoms with Gasteiger partial charge in [0.1, 0.15) is 5.52 Å². The first-order valence-corrected chi connectivity index (χ1v) is 9.97. The van der Waals surface area contributed by atoms with Gasteiger partial charge in [0.15, 0.2) is 12.4 Å². The molecule has 1 aromatic heterocycles. The van der Waals surface area contributed by atoms with Gasteiger partial charge in [-0.1, -0.05) is 35.5 Å². The number of amides is 1. The van der Waals surface area contributed by atoms with E-state index < -0.39 is 5.97 Å². The van der Waals surface area contributed by atoms with Crippen molar-refractivity contribution in [1.82, 2.24) is 10.1 Å². The highest BCUT2D eigenvalue weighted by Crippen LogP contribution is 2.29. The number of rotatable bonds is 4. The van der Waals surface area contributed by atoms with Crippen molar-refractivity contribution in [2.45, 2.75) is 45.2 Å². The van der Waals surface area contributed by atoms with E-state index in [-0.39, 0.29) is 24.6 Å². The molecule has 2 heterocycles. The Balaban J connectivity index is 1.49. The van der Waals surface area contributed by atoms with Gasteiger partial charge in [-0.05, 0) is 51.3 Å². The number of piperidine rings is 1. The molecular weight excluding hydrogens is 368 g/mol. The normalized spacial score (nSPS) is 19.3.